The molecule has 206 valence electrons. The van der Waals surface area contributed by atoms with Crippen LogP contribution in [0.2, 0.25) is 9.36 Å². The maximum Gasteiger partial charge on any atom is 0.225 e. The molecule has 40 heavy (non-hydrogen) atoms. The number of imidazole rings is 1. The summed E-state index contributed by atoms with van der Waals surface area (Å²) in [5.74, 6) is 5.05. The molecule has 5 rings (SSSR count). The molecule has 1 fully saturated rings. The van der Waals surface area contributed by atoms with Gasteiger partial charge in [0.2, 0.25) is 11.7 Å². The minimum Gasteiger partial charge on any atom is -0.390 e. The Morgan fingerprint density at radius 2 is 2.02 bits per heavy atom. The molecule has 1 aliphatic carbocycles. The van der Waals surface area contributed by atoms with Crippen LogP contribution < -0.4 is 10.6 Å². The molecule has 4 aromatic rings. The summed E-state index contributed by atoms with van der Waals surface area (Å²) in [5.41, 5.74) is 1.79. The number of aliphatic hydroxyl groups is 2. The van der Waals surface area contributed by atoms with E-state index in [2.05, 4.69) is 44.0 Å². The Morgan fingerprint density at radius 1 is 1.20 bits per heavy atom. The molecule has 9 nitrogen and oxygen atoms in total. The Balaban J connectivity index is 1.60. The number of carbonyl (C=O) groups excluding carboxylic acids is 1. The van der Waals surface area contributed by atoms with E-state index in [0.29, 0.717) is 39.3 Å². The van der Waals surface area contributed by atoms with Crippen LogP contribution in [-0.4, -0.2) is 54.9 Å². The van der Waals surface area contributed by atoms with Crippen molar-refractivity contribution in [1.82, 2.24) is 24.8 Å². The summed E-state index contributed by atoms with van der Waals surface area (Å²) in [6.07, 6.45) is 1.08. The van der Waals surface area contributed by atoms with Gasteiger partial charge in [0.05, 0.1) is 33.6 Å². The number of allylic oxidation sites excluding steroid dienone is 1. The molecule has 0 saturated heterocycles. The fourth-order valence-electron chi connectivity index (χ4n) is 5.14. The predicted octanol–water partition coefficient (Wildman–Crippen LogP) is 4.04. The van der Waals surface area contributed by atoms with Gasteiger partial charge in [-0.15, -0.1) is 17.9 Å². The molecule has 5 atom stereocenters. The Morgan fingerprint density at radius 3 is 2.73 bits per heavy atom. The van der Waals surface area contributed by atoms with Crippen molar-refractivity contribution in [3.8, 4) is 11.8 Å². The SMILES string of the molecule is C=CCC1[C@@H](n2cnc3c(NCc4cccc(Cl)c4)nc(C#Cc4ccc(Cl)s4)nc32)[C@H](O)[C@H](O)[C@H]1C(=O)NC. The number of hydrogen-bond acceptors (Lipinski definition) is 8. The summed E-state index contributed by atoms with van der Waals surface area (Å²) in [5, 5.41) is 28.6. The topological polar surface area (TPSA) is 125 Å². The van der Waals surface area contributed by atoms with Crippen LogP contribution in [0.1, 0.15) is 28.7 Å². The second-order valence-electron chi connectivity index (χ2n) is 9.36. The van der Waals surface area contributed by atoms with E-state index in [1.54, 1.807) is 29.1 Å². The fraction of sp³-hybridized carbons (Fsp3) is 0.286. The highest BCUT2D eigenvalue weighted by atomic mass is 35.5. The molecule has 0 bridgehead atoms. The van der Waals surface area contributed by atoms with Gasteiger partial charge in [0.15, 0.2) is 17.0 Å². The van der Waals surface area contributed by atoms with Gasteiger partial charge in [0.25, 0.3) is 0 Å². The number of aliphatic hydroxyl groups excluding tert-OH is 2. The van der Waals surface area contributed by atoms with Gasteiger partial charge in [-0.25, -0.2) is 15.0 Å². The molecular weight excluding hydrogens is 571 g/mol. The number of amides is 1. The maximum absolute atomic E-state index is 12.7. The van der Waals surface area contributed by atoms with E-state index in [-0.39, 0.29) is 11.7 Å². The minimum absolute atomic E-state index is 0.225. The highest BCUT2D eigenvalue weighted by Crippen LogP contribution is 2.44. The molecule has 1 amide bonds. The van der Waals surface area contributed by atoms with Crippen LogP contribution in [-0.2, 0) is 11.3 Å². The van der Waals surface area contributed by atoms with E-state index in [9.17, 15) is 15.0 Å². The van der Waals surface area contributed by atoms with Gasteiger partial charge >= 0.3 is 0 Å². The Kier molecular flexibility index (Phi) is 8.40. The number of rotatable bonds is 7. The number of thiophene rings is 1. The summed E-state index contributed by atoms with van der Waals surface area (Å²) >= 11 is 13.6. The molecule has 1 unspecified atom stereocenters. The van der Waals surface area contributed by atoms with Crippen LogP contribution in [0.5, 0.6) is 0 Å². The number of benzene rings is 1. The van der Waals surface area contributed by atoms with E-state index in [1.807, 2.05) is 24.3 Å². The highest BCUT2D eigenvalue weighted by Gasteiger charge is 2.53. The maximum atomic E-state index is 12.7. The first-order valence-electron chi connectivity index (χ1n) is 12.5. The second kappa shape index (κ2) is 12.0. The van der Waals surface area contributed by atoms with Gasteiger partial charge in [-0.3, -0.25) is 4.79 Å². The quantitative estimate of drug-likeness (QED) is 0.187. The van der Waals surface area contributed by atoms with Gasteiger partial charge in [-0.2, -0.15) is 0 Å². The van der Waals surface area contributed by atoms with Gasteiger partial charge < -0.3 is 25.4 Å². The molecule has 12 heteroatoms. The van der Waals surface area contributed by atoms with Gasteiger partial charge in [-0.1, -0.05) is 41.4 Å². The van der Waals surface area contributed by atoms with Crippen molar-refractivity contribution in [1.29, 1.82) is 0 Å². The van der Waals surface area contributed by atoms with Gasteiger partial charge in [0.1, 0.15) is 6.10 Å². The lowest BCUT2D eigenvalue weighted by Gasteiger charge is -2.25. The summed E-state index contributed by atoms with van der Waals surface area (Å²) in [7, 11) is 1.50. The monoisotopic (exact) mass is 596 g/mol. The highest BCUT2D eigenvalue weighted by molar-refractivity contribution is 7.16. The first-order chi connectivity index (χ1) is 19.3. The molecule has 0 radical (unpaired) electrons. The van der Waals surface area contributed by atoms with E-state index < -0.39 is 30.1 Å². The molecule has 1 aliphatic rings. The van der Waals surface area contributed by atoms with Crippen LogP contribution >= 0.6 is 34.5 Å². The lowest BCUT2D eigenvalue weighted by Crippen LogP contribution is -2.38. The lowest BCUT2D eigenvalue weighted by molar-refractivity contribution is -0.129. The number of nitrogens with zero attached hydrogens (tertiary/aromatic N) is 4. The molecule has 3 aromatic heterocycles. The van der Waals surface area contributed by atoms with Gasteiger partial charge in [-0.05, 0) is 54.0 Å². The molecular formula is C28H26Cl2N6O3S. The summed E-state index contributed by atoms with van der Waals surface area (Å²) in [6.45, 7) is 4.24. The molecule has 1 aromatic carbocycles. The van der Waals surface area contributed by atoms with Crippen LogP contribution in [0.4, 0.5) is 5.82 Å². The summed E-state index contributed by atoms with van der Waals surface area (Å²) < 4.78 is 2.31. The van der Waals surface area contributed by atoms with Crippen molar-refractivity contribution < 1.29 is 15.0 Å². The number of carbonyl (C=O) groups is 1. The molecule has 4 N–H and O–H groups in total. The second-order valence-corrected chi connectivity index (χ2v) is 11.5. The number of aromatic nitrogens is 4. The van der Waals surface area contributed by atoms with Crippen LogP contribution in [0.15, 0.2) is 55.4 Å². The number of hydrogen-bond donors (Lipinski definition) is 4. The van der Waals surface area contributed by atoms with Crippen molar-refractivity contribution in [2.24, 2.45) is 11.8 Å². The van der Waals surface area contributed by atoms with Crippen LogP contribution in [0, 0.1) is 23.7 Å². The van der Waals surface area contributed by atoms with Crippen molar-refractivity contribution in [3.05, 3.63) is 81.0 Å². The van der Waals surface area contributed by atoms with Crippen LogP contribution in [0.3, 0.4) is 0 Å². The van der Waals surface area contributed by atoms with Crippen molar-refractivity contribution >= 4 is 57.4 Å². The van der Waals surface area contributed by atoms with E-state index >= 15 is 0 Å². The third-order valence-electron chi connectivity index (χ3n) is 6.92. The average Bonchev–Trinajstić information content (AvgIpc) is 3.62. The number of fused-ring (bicyclic) bond motifs is 1. The van der Waals surface area contributed by atoms with Gasteiger partial charge in [0, 0.05) is 18.6 Å². The number of halogens is 2. The molecule has 3 heterocycles. The lowest BCUT2D eigenvalue weighted by atomic mass is 9.89. The standard InChI is InChI=1S/C28H26Cl2N6O3S/c1-3-5-18-21(28(39)31-2)24(37)25(38)23(18)36-14-33-22-26(32-13-15-6-4-7-16(29)12-15)34-20(35-27(22)36)11-9-17-8-10-19(30)40-17/h3-4,6-8,10,12,14,18,21,23-25,37-38H,1,5,13H2,2H3,(H,31,39)(H,32,34,35)/t18?,21-,23+,24+,25-/m0/s1. The van der Waals surface area contributed by atoms with E-state index in [0.717, 1.165) is 10.4 Å². The predicted molar refractivity (Wildman–Crippen MR) is 156 cm³/mol. The minimum atomic E-state index is -1.28. The third kappa shape index (κ3) is 5.57. The largest absolute Gasteiger partial charge is 0.390 e. The first kappa shape index (κ1) is 28.1. The fourth-order valence-corrected chi connectivity index (χ4v) is 6.25. The number of anilines is 1. The zero-order valence-corrected chi connectivity index (χ0v) is 23.7. The summed E-state index contributed by atoms with van der Waals surface area (Å²) in [6, 6.07) is 10.3. The van der Waals surface area contributed by atoms with Crippen molar-refractivity contribution in [2.45, 2.75) is 31.2 Å². The van der Waals surface area contributed by atoms with Crippen molar-refractivity contribution in [2.75, 3.05) is 12.4 Å². The molecule has 1 saturated carbocycles. The van der Waals surface area contributed by atoms with E-state index in [4.69, 9.17) is 23.2 Å². The zero-order valence-electron chi connectivity index (χ0n) is 21.4. The third-order valence-corrected chi connectivity index (χ3v) is 8.30. The van der Waals surface area contributed by atoms with Crippen LogP contribution in [0.25, 0.3) is 11.2 Å². The summed E-state index contributed by atoms with van der Waals surface area (Å²) in [4.78, 5) is 27.3. The first-order valence-corrected chi connectivity index (χ1v) is 14.1. The smallest absolute Gasteiger partial charge is 0.225 e. The Labute approximate surface area is 244 Å². The Bertz CT molecular complexity index is 1630. The van der Waals surface area contributed by atoms with Crippen molar-refractivity contribution in [3.63, 3.8) is 0 Å². The zero-order chi connectivity index (χ0) is 28.4. The van der Waals surface area contributed by atoms with E-state index in [1.165, 1.54) is 18.4 Å². The normalized spacial score (nSPS) is 22.1. The molecule has 0 spiro atoms. The average molecular weight is 598 g/mol. The Hall–Kier alpha value is -3.46. The molecule has 0 aliphatic heterocycles. The number of nitrogens with one attached hydrogen (secondary N) is 2.